The minimum absolute atomic E-state index is 0.00877. The third-order valence-electron chi connectivity index (χ3n) is 12.1. The third kappa shape index (κ3) is 9.98. The molecule has 8 atom stereocenters. The van der Waals surface area contributed by atoms with Crippen LogP contribution in [0.4, 0.5) is 4.39 Å². The molecule has 3 saturated heterocycles. The Morgan fingerprint density at radius 2 is 1.64 bits per heavy atom. The highest BCUT2D eigenvalue weighted by molar-refractivity contribution is 7.57. The third-order valence-corrected chi connectivity index (χ3v) is 14.2. The van der Waals surface area contributed by atoms with Gasteiger partial charge in [0, 0.05) is 43.1 Å². The number of hydrogen-bond donors (Lipinski definition) is 2. The Kier molecular flexibility index (Phi) is 13.9. The Hall–Kier alpha value is -5.57. The van der Waals surface area contributed by atoms with Crippen molar-refractivity contribution in [1.29, 1.82) is 5.26 Å². The van der Waals surface area contributed by atoms with Crippen LogP contribution in [0.25, 0.3) is 10.8 Å². The molecule has 4 aromatic rings. The molecule has 3 unspecified atom stereocenters. The Balaban J connectivity index is 1.06. The van der Waals surface area contributed by atoms with Gasteiger partial charge < -0.3 is 24.4 Å². The monoisotopic (exact) mass is 849 g/mol. The van der Waals surface area contributed by atoms with E-state index in [0.717, 1.165) is 31.2 Å². The Morgan fingerprint density at radius 3 is 2.38 bits per heavy atom. The first-order valence-corrected chi connectivity index (χ1v) is 23.0. The SMILES string of the molecule is CCCOC(=O)[C@H](C)NP(=O)(Oc1ccccc1)C(F)c1ccc2ccc(C(=O)NC3CCCC[C@H]4CC[C@@H](CC(=O)N5C[C@@H](C#N)[C@H](c6ccccc6)C5)N4C3=O)cc2c1. The van der Waals surface area contributed by atoms with Crippen LogP contribution >= 0.6 is 7.52 Å². The smallest absolute Gasteiger partial charge is 0.355 e. The van der Waals surface area contributed by atoms with Gasteiger partial charge in [0.05, 0.1) is 18.6 Å². The topological polar surface area (TPSA) is 158 Å². The average Bonchev–Trinajstić information content (AvgIpc) is 3.89. The van der Waals surface area contributed by atoms with Crippen molar-refractivity contribution in [2.75, 3.05) is 19.7 Å². The van der Waals surface area contributed by atoms with Gasteiger partial charge in [-0.25, -0.2) is 9.48 Å². The molecule has 3 fully saturated rings. The van der Waals surface area contributed by atoms with Crippen molar-refractivity contribution in [3.05, 3.63) is 114 Å². The fourth-order valence-electron chi connectivity index (χ4n) is 8.90. The number of alkyl halides is 1. The van der Waals surface area contributed by atoms with E-state index in [1.165, 1.54) is 31.2 Å². The number of nitrogens with one attached hydrogen (secondary N) is 2. The van der Waals surface area contributed by atoms with E-state index in [2.05, 4.69) is 16.5 Å². The molecule has 0 bridgehead atoms. The first-order valence-electron chi connectivity index (χ1n) is 21.3. The van der Waals surface area contributed by atoms with Crippen molar-refractivity contribution in [3.63, 3.8) is 0 Å². The van der Waals surface area contributed by atoms with Crippen LogP contribution in [0.1, 0.15) is 98.5 Å². The van der Waals surface area contributed by atoms with Crippen LogP contribution in [0, 0.1) is 17.2 Å². The lowest BCUT2D eigenvalue weighted by Crippen LogP contribution is -2.54. The second kappa shape index (κ2) is 19.4. The van der Waals surface area contributed by atoms with E-state index >= 15 is 4.39 Å². The van der Waals surface area contributed by atoms with Crippen LogP contribution in [0.3, 0.4) is 0 Å². The number of rotatable bonds is 14. The first kappa shape index (κ1) is 43.5. The molecule has 4 aromatic carbocycles. The summed E-state index contributed by atoms with van der Waals surface area (Å²) < 4.78 is 42.0. The minimum atomic E-state index is -4.47. The zero-order valence-electron chi connectivity index (χ0n) is 34.6. The number of halogens is 1. The number of nitriles is 1. The average molecular weight is 850 g/mol. The number of nitrogens with zero attached hydrogens (tertiary/aromatic N) is 3. The second-order valence-electron chi connectivity index (χ2n) is 16.4. The molecule has 0 spiro atoms. The quantitative estimate of drug-likeness (QED) is 0.0943. The van der Waals surface area contributed by atoms with E-state index in [9.17, 15) is 29.0 Å². The summed E-state index contributed by atoms with van der Waals surface area (Å²) >= 11 is 0. The van der Waals surface area contributed by atoms with Crippen molar-refractivity contribution in [3.8, 4) is 11.8 Å². The first-order chi connectivity index (χ1) is 29.5. The van der Waals surface area contributed by atoms with Gasteiger partial charge in [0.2, 0.25) is 17.7 Å². The standard InChI is InChI=1S/C47H53FN5O7P/c1-3-24-59-47(57)31(2)51-61(58,60-40-15-8-5-9-16-40)44(48)34-20-18-32-19-21-35(26-36(32)25-34)45(55)50-42-17-11-10-14-38-22-23-39(53(38)46(42)56)27-43(54)52-29-37(28-49)41(30-52)33-12-6-4-7-13-33/h4-9,12-13,15-16,18-21,25-26,31,37-39,41-42,44H,3,10-11,14,17,22-24,27,29-30H2,1-2H3,(H,50,55)(H,51,58)/t31-,37+,38-,39-,41-,42?,44?,61?/m0/s1. The van der Waals surface area contributed by atoms with Crippen molar-refractivity contribution in [2.45, 2.75) is 101 Å². The number of amides is 3. The van der Waals surface area contributed by atoms with E-state index in [1.54, 1.807) is 47.4 Å². The van der Waals surface area contributed by atoms with E-state index < -0.39 is 37.4 Å². The maximum Gasteiger partial charge on any atom is 0.355 e. The zero-order chi connectivity index (χ0) is 43.1. The van der Waals surface area contributed by atoms with Crippen LogP contribution in [0.5, 0.6) is 5.75 Å². The molecular weight excluding hydrogens is 797 g/mol. The fourth-order valence-corrected chi connectivity index (χ4v) is 10.8. The van der Waals surface area contributed by atoms with Gasteiger partial charge in [0.15, 0.2) is 0 Å². The normalized spacial score (nSPS) is 23.4. The fraction of sp³-hybridized carbons (Fsp3) is 0.426. The summed E-state index contributed by atoms with van der Waals surface area (Å²) in [6.07, 6.45) is 5.11. The van der Waals surface area contributed by atoms with Gasteiger partial charge >= 0.3 is 13.5 Å². The van der Waals surface area contributed by atoms with Crippen LogP contribution in [-0.2, 0) is 23.7 Å². The van der Waals surface area contributed by atoms with Gasteiger partial charge in [0.25, 0.3) is 5.91 Å². The molecule has 3 aliphatic heterocycles. The molecule has 0 aromatic heterocycles. The van der Waals surface area contributed by atoms with Crippen molar-refractivity contribution in [2.24, 2.45) is 5.92 Å². The molecule has 14 heteroatoms. The molecule has 3 heterocycles. The Bertz CT molecular complexity index is 2310. The molecule has 0 aliphatic carbocycles. The molecular formula is C47H53FN5O7P. The van der Waals surface area contributed by atoms with Crippen molar-refractivity contribution >= 4 is 42.0 Å². The molecule has 320 valence electrons. The molecule has 3 amide bonds. The van der Waals surface area contributed by atoms with E-state index in [1.807, 2.05) is 42.2 Å². The molecule has 0 radical (unpaired) electrons. The molecule has 3 aliphatic rings. The van der Waals surface area contributed by atoms with Crippen molar-refractivity contribution in [1.82, 2.24) is 20.2 Å². The minimum Gasteiger partial charge on any atom is -0.465 e. The summed E-state index contributed by atoms with van der Waals surface area (Å²) in [5.74, 6) is -3.89. The van der Waals surface area contributed by atoms with Gasteiger partial charge in [-0.15, -0.1) is 0 Å². The number of benzene rings is 4. The van der Waals surface area contributed by atoms with Crippen LogP contribution < -0.4 is 14.9 Å². The van der Waals surface area contributed by atoms with Crippen LogP contribution in [-0.4, -0.2) is 77.4 Å². The number of likely N-dealkylation sites (tertiary alicyclic amines) is 1. The number of ether oxygens (including phenoxy) is 1. The highest BCUT2D eigenvalue weighted by Gasteiger charge is 2.44. The zero-order valence-corrected chi connectivity index (χ0v) is 35.5. The number of carbonyl (C=O) groups is 4. The number of fused-ring (bicyclic) bond motifs is 2. The summed E-state index contributed by atoms with van der Waals surface area (Å²) in [5, 5.41) is 16.7. The molecule has 61 heavy (non-hydrogen) atoms. The number of carbonyl (C=O) groups excluding carboxylic acids is 4. The van der Waals surface area contributed by atoms with Gasteiger partial charge in [-0.3, -0.25) is 23.7 Å². The van der Waals surface area contributed by atoms with Gasteiger partial charge in [-0.05, 0) is 91.3 Å². The second-order valence-corrected chi connectivity index (χ2v) is 18.5. The summed E-state index contributed by atoms with van der Waals surface area (Å²) in [5.41, 5.74) is 1.29. The van der Waals surface area contributed by atoms with Gasteiger partial charge in [0.1, 0.15) is 17.8 Å². The molecule has 12 nitrogen and oxygen atoms in total. The summed E-state index contributed by atoms with van der Waals surface area (Å²) in [4.78, 5) is 58.3. The highest BCUT2D eigenvalue weighted by Crippen LogP contribution is 2.58. The number of hydrogen-bond acceptors (Lipinski definition) is 8. The highest BCUT2D eigenvalue weighted by atomic mass is 31.2. The predicted octanol–water partition coefficient (Wildman–Crippen LogP) is 8.20. The predicted molar refractivity (Wildman–Crippen MR) is 229 cm³/mol. The summed E-state index contributed by atoms with van der Waals surface area (Å²) in [6, 6.07) is 27.6. The number of esters is 1. The summed E-state index contributed by atoms with van der Waals surface area (Å²) in [6.45, 7) is 4.23. The maximum absolute atomic E-state index is 16.6. The lowest BCUT2D eigenvalue weighted by Gasteiger charge is -2.36. The lowest BCUT2D eigenvalue weighted by molar-refractivity contribution is -0.145. The van der Waals surface area contributed by atoms with Crippen LogP contribution in [0.15, 0.2) is 97.1 Å². The Labute approximate surface area is 356 Å². The largest absolute Gasteiger partial charge is 0.465 e. The molecule has 0 saturated carbocycles. The van der Waals surface area contributed by atoms with E-state index in [4.69, 9.17) is 9.26 Å². The maximum atomic E-state index is 16.6. The van der Waals surface area contributed by atoms with E-state index in [-0.39, 0.29) is 65.6 Å². The van der Waals surface area contributed by atoms with E-state index in [0.29, 0.717) is 43.1 Å². The Morgan fingerprint density at radius 1 is 0.918 bits per heavy atom. The lowest BCUT2D eigenvalue weighted by atomic mass is 9.90. The van der Waals surface area contributed by atoms with Crippen molar-refractivity contribution < 1.29 is 37.4 Å². The van der Waals surface area contributed by atoms with Crippen LogP contribution in [0.2, 0.25) is 0 Å². The number of para-hydroxylation sites is 1. The van der Waals surface area contributed by atoms with Gasteiger partial charge in [-0.2, -0.15) is 5.26 Å². The molecule has 7 rings (SSSR count). The summed E-state index contributed by atoms with van der Waals surface area (Å²) in [7, 11) is -4.47. The van der Waals surface area contributed by atoms with Gasteiger partial charge in [-0.1, -0.05) is 86.5 Å². The molecule has 2 N–H and O–H groups in total.